The first kappa shape index (κ1) is 13.2. The Kier molecular flexibility index (Phi) is 3.79. The summed E-state index contributed by atoms with van der Waals surface area (Å²) in [6.07, 6.45) is 2.19. The van der Waals surface area contributed by atoms with Crippen LogP contribution in [0.15, 0.2) is 5.16 Å². The van der Waals surface area contributed by atoms with Crippen molar-refractivity contribution in [2.75, 3.05) is 5.73 Å². The number of nitrogens with zero attached hydrogens (tertiary/aromatic N) is 3. The summed E-state index contributed by atoms with van der Waals surface area (Å²) in [7, 11) is 0. The van der Waals surface area contributed by atoms with E-state index in [1.54, 1.807) is 0 Å². The van der Waals surface area contributed by atoms with Crippen molar-refractivity contribution >= 4 is 23.6 Å². The number of carbonyl (C=O) groups is 1. The molecule has 0 radical (unpaired) electrons. The van der Waals surface area contributed by atoms with Gasteiger partial charge in [0.05, 0.1) is 5.25 Å². The highest BCUT2D eigenvalue weighted by atomic mass is 32.2. The highest BCUT2D eigenvalue weighted by Crippen LogP contribution is 2.27. The van der Waals surface area contributed by atoms with Crippen molar-refractivity contribution in [3.05, 3.63) is 0 Å². The molecule has 1 saturated carbocycles. The quantitative estimate of drug-likeness (QED) is 0.784. The average molecular weight is 269 g/mol. The van der Waals surface area contributed by atoms with E-state index >= 15 is 0 Å². The molecule has 0 spiro atoms. The molecule has 1 amide bonds. The van der Waals surface area contributed by atoms with Crippen molar-refractivity contribution in [3.8, 4) is 0 Å². The standard InChI is InChI=1S/C11H19N5OS/c1-6(2)16-10(12)14-15-11(16)18-7(3)9(17)13-8-4-5-8/h6-8H,4-5H2,1-3H3,(H2,12,14)(H,13,17). The fraction of sp³-hybridized carbons (Fsp3) is 0.727. The van der Waals surface area contributed by atoms with Crippen LogP contribution in [0.1, 0.15) is 39.7 Å². The lowest BCUT2D eigenvalue weighted by Crippen LogP contribution is -2.32. The van der Waals surface area contributed by atoms with Crippen molar-refractivity contribution < 1.29 is 4.79 Å². The van der Waals surface area contributed by atoms with Crippen molar-refractivity contribution in [1.29, 1.82) is 0 Å². The third-order valence-corrected chi connectivity index (χ3v) is 3.84. The van der Waals surface area contributed by atoms with Crippen LogP contribution in [0, 0.1) is 0 Å². The topological polar surface area (TPSA) is 85.8 Å². The lowest BCUT2D eigenvalue weighted by atomic mass is 10.4. The van der Waals surface area contributed by atoms with Gasteiger partial charge < -0.3 is 11.1 Å². The van der Waals surface area contributed by atoms with Crippen LogP contribution in [0.2, 0.25) is 0 Å². The number of nitrogens with two attached hydrogens (primary N) is 1. The summed E-state index contributed by atoms with van der Waals surface area (Å²) in [5.74, 6) is 0.446. The fourth-order valence-electron chi connectivity index (χ4n) is 1.61. The van der Waals surface area contributed by atoms with Gasteiger partial charge in [-0.1, -0.05) is 11.8 Å². The van der Waals surface area contributed by atoms with Gasteiger partial charge in [-0.05, 0) is 33.6 Å². The second kappa shape index (κ2) is 5.17. The molecule has 18 heavy (non-hydrogen) atoms. The average Bonchev–Trinajstić information content (AvgIpc) is 3.02. The second-order valence-electron chi connectivity index (χ2n) is 4.85. The summed E-state index contributed by atoms with van der Waals surface area (Å²) in [4.78, 5) is 11.9. The van der Waals surface area contributed by atoms with Gasteiger partial charge in [-0.3, -0.25) is 9.36 Å². The molecular formula is C11H19N5OS. The van der Waals surface area contributed by atoms with Crippen molar-refractivity contribution in [3.63, 3.8) is 0 Å². The van der Waals surface area contributed by atoms with E-state index in [4.69, 9.17) is 5.73 Å². The van der Waals surface area contributed by atoms with Crippen LogP contribution in [0.3, 0.4) is 0 Å². The Morgan fingerprint density at radius 2 is 2.11 bits per heavy atom. The van der Waals surface area contributed by atoms with Gasteiger partial charge in [0.15, 0.2) is 5.16 Å². The lowest BCUT2D eigenvalue weighted by Gasteiger charge is -2.14. The number of hydrogen-bond acceptors (Lipinski definition) is 5. The molecule has 1 aliphatic rings. The molecule has 0 bridgehead atoms. The Morgan fingerprint density at radius 1 is 1.44 bits per heavy atom. The first-order valence-electron chi connectivity index (χ1n) is 6.16. The van der Waals surface area contributed by atoms with Gasteiger partial charge in [-0.2, -0.15) is 0 Å². The molecule has 7 heteroatoms. The number of thioether (sulfide) groups is 1. The van der Waals surface area contributed by atoms with Gasteiger partial charge in [0.1, 0.15) is 0 Å². The minimum absolute atomic E-state index is 0.0550. The summed E-state index contributed by atoms with van der Waals surface area (Å²) >= 11 is 1.39. The molecule has 1 aromatic rings. The molecule has 1 unspecified atom stereocenters. The Bertz CT molecular complexity index is 441. The van der Waals surface area contributed by atoms with E-state index in [0.717, 1.165) is 12.8 Å². The number of rotatable bonds is 5. The van der Waals surface area contributed by atoms with Crippen LogP contribution in [0.5, 0.6) is 0 Å². The Hall–Kier alpha value is -1.24. The van der Waals surface area contributed by atoms with Gasteiger partial charge in [0.2, 0.25) is 11.9 Å². The van der Waals surface area contributed by atoms with Crippen LogP contribution < -0.4 is 11.1 Å². The number of aromatic nitrogens is 3. The Balaban J connectivity index is 2.01. The predicted octanol–water partition coefficient (Wildman–Crippen LogP) is 1.20. The fourth-order valence-corrected chi connectivity index (χ4v) is 2.61. The van der Waals surface area contributed by atoms with Crippen LogP contribution >= 0.6 is 11.8 Å². The zero-order valence-corrected chi connectivity index (χ0v) is 11.7. The monoisotopic (exact) mass is 269 g/mol. The van der Waals surface area contributed by atoms with Crippen molar-refractivity contribution in [2.45, 2.75) is 56.1 Å². The maximum atomic E-state index is 11.9. The maximum absolute atomic E-state index is 11.9. The number of nitrogen functional groups attached to an aromatic ring is 1. The van der Waals surface area contributed by atoms with E-state index in [9.17, 15) is 4.79 Å². The van der Waals surface area contributed by atoms with Crippen LogP contribution in [-0.2, 0) is 4.79 Å². The number of anilines is 1. The highest BCUT2D eigenvalue weighted by molar-refractivity contribution is 8.00. The normalized spacial score (nSPS) is 16.9. The van der Waals surface area contributed by atoms with Crippen molar-refractivity contribution in [1.82, 2.24) is 20.1 Å². The molecule has 0 saturated heterocycles. The first-order chi connectivity index (χ1) is 8.49. The SMILES string of the molecule is CC(Sc1nnc(N)n1C(C)C)C(=O)NC1CC1. The van der Waals surface area contributed by atoms with Crippen LogP contribution in [0.25, 0.3) is 0 Å². The minimum Gasteiger partial charge on any atom is -0.368 e. The molecule has 3 N–H and O–H groups in total. The van der Waals surface area contributed by atoms with E-state index in [-0.39, 0.29) is 17.2 Å². The summed E-state index contributed by atoms with van der Waals surface area (Å²) in [5, 5.41) is 11.4. The number of carbonyl (C=O) groups excluding carboxylic acids is 1. The lowest BCUT2D eigenvalue weighted by molar-refractivity contribution is -0.120. The maximum Gasteiger partial charge on any atom is 0.233 e. The Labute approximate surface area is 111 Å². The first-order valence-corrected chi connectivity index (χ1v) is 7.04. The molecular weight excluding hydrogens is 250 g/mol. The highest BCUT2D eigenvalue weighted by Gasteiger charge is 2.27. The van der Waals surface area contributed by atoms with Crippen LogP contribution in [0.4, 0.5) is 5.95 Å². The van der Waals surface area contributed by atoms with E-state index in [1.165, 1.54) is 11.8 Å². The minimum atomic E-state index is -0.188. The molecule has 1 atom stereocenters. The second-order valence-corrected chi connectivity index (χ2v) is 6.16. The van der Waals surface area contributed by atoms with E-state index in [2.05, 4.69) is 15.5 Å². The molecule has 6 nitrogen and oxygen atoms in total. The predicted molar refractivity (Wildman–Crippen MR) is 71.3 cm³/mol. The van der Waals surface area contributed by atoms with Crippen molar-refractivity contribution in [2.24, 2.45) is 0 Å². The van der Waals surface area contributed by atoms with Gasteiger partial charge in [-0.15, -0.1) is 10.2 Å². The smallest absolute Gasteiger partial charge is 0.233 e. The molecule has 0 aromatic carbocycles. The molecule has 2 rings (SSSR count). The molecule has 1 fully saturated rings. The molecule has 100 valence electrons. The van der Waals surface area contributed by atoms with Gasteiger partial charge in [0.25, 0.3) is 0 Å². The van der Waals surface area contributed by atoms with Crippen LogP contribution in [-0.4, -0.2) is 32.0 Å². The zero-order chi connectivity index (χ0) is 13.3. The number of hydrogen-bond donors (Lipinski definition) is 2. The third kappa shape index (κ3) is 2.95. The number of amides is 1. The van der Waals surface area contributed by atoms with E-state index in [1.807, 2.05) is 25.3 Å². The summed E-state index contributed by atoms with van der Waals surface area (Å²) in [6, 6.07) is 0.565. The van der Waals surface area contributed by atoms with Gasteiger partial charge >= 0.3 is 0 Å². The summed E-state index contributed by atoms with van der Waals surface area (Å²) < 4.78 is 1.84. The third-order valence-electron chi connectivity index (χ3n) is 2.78. The van der Waals surface area contributed by atoms with Gasteiger partial charge in [-0.25, -0.2) is 0 Å². The van der Waals surface area contributed by atoms with Gasteiger partial charge in [0, 0.05) is 12.1 Å². The van der Waals surface area contributed by atoms with E-state index in [0.29, 0.717) is 17.1 Å². The number of nitrogens with one attached hydrogen (secondary N) is 1. The molecule has 1 aliphatic carbocycles. The molecule has 0 aliphatic heterocycles. The summed E-state index contributed by atoms with van der Waals surface area (Å²) in [5.41, 5.74) is 5.76. The van der Waals surface area contributed by atoms with E-state index < -0.39 is 0 Å². The zero-order valence-electron chi connectivity index (χ0n) is 10.9. The largest absolute Gasteiger partial charge is 0.368 e. The molecule has 1 aromatic heterocycles. The Morgan fingerprint density at radius 3 is 2.67 bits per heavy atom. The molecule has 1 heterocycles. The summed E-state index contributed by atoms with van der Waals surface area (Å²) in [6.45, 7) is 5.90.